The second kappa shape index (κ2) is 11.5. The van der Waals surface area contributed by atoms with Crippen LogP contribution in [-0.4, -0.2) is 47.0 Å². The molecule has 1 aromatic rings. The number of hydrogen-bond donors (Lipinski definition) is 2. The zero-order chi connectivity index (χ0) is 24.8. The highest BCUT2D eigenvalue weighted by Gasteiger charge is 2.47. The fourth-order valence-electron chi connectivity index (χ4n) is 3.80. The molecule has 0 heterocycles. The lowest BCUT2D eigenvalue weighted by atomic mass is 10.00. The third-order valence-corrected chi connectivity index (χ3v) is 5.84. The molecule has 2 rings (SSSR count). The average Bonchev–Trinajstić information content (AvgIpc) is 3.46. The average molecular weight is 460 g/mol. The van der Waals surface area contributed by atoms with Gasteiger partial charge in [0.25, 0.3) is 0 Å². The van der Waals surface area contributed by atoms with Crippen molar-refractivity contribution in [2.45, 2.75) is 97.9 Å². The Morgan fingerprint density at radius 2 is 1.76 bits per heavy atom. The summed E-state index contributed by atoms with van der Waals surface area (Å²) in [6.45, 7) is 13.7. The maximum Gasteiger partial charge on any atom is 0.408 e. The molecule has 0 saturated heterocycles. The number of carbonyl (C=O) groups excluding carboxylic acids is 3. The lowest BCUT2D eigenvalue weighted by Gasteiger charge is -2.34. The third kappa shape index (κ3) is 7.76. The van der Waals surface area contributed by atoms with Gasteiger partial charge in [0.15, 0.2) is 0 Å². The number of hydrogen-bond acceptors (Lipinski definition) is 4. The standard InChI is InChI=1S/C26H41N3O4/c1-8-10-15-27-23(30)22(20-13-11-19(9-2)12-14-20)29(21-16-17(21)3)24(31)18(4)28-25(32)33-26(5,6)7/h11-14,17-18,21-22H,8-10,15-16H2,1-7H3,(H,27,30)(H,28,32). The summed E-state index contributed by atoms with van der Waals surface area (Å²) in [7, 11) is 0. The first-order valence-corrected chi connectivity index (χ1v) is 12.2. The van der Waals surface area contributed by atoms with Gasteiger partial charge >= 0.3 is 6.09 Å². The summed E-state index contributed by atoms with van der Waals surface area (Å²) in [6, 6.07) is 6.25. The second-order valence-corrected chi connectivity index (χ2v) is 10.0. The van der Waals surface area contributed by atoms with Gasteiger partial charge in [-0.15, -0.1) is 0 Å². The Labute approximate surface area is 198 Å². The van der Waals surface area contributed by atoms with Gasteiger partial charge in [0.2, 0.25) is 11.8 Å². The van der Waals surface area contributed by atoms with Gasteiger partial charge in [0.05, 0.1) is 0 Å². The molecule has 4 unspecified atom stereocenters. The molecule has 184 valence electrons. The van der Waals surface area contributed by atoms with E-state index in [0.29, 0.717) is 12.5 Å². The van der Waals surface area contributed by atoms with Crippen molar-refractivity contribution < 1.29 is 19.1 Å². The van der Waals surface area contributed by atoms with Crippen molar-refractivity contribution in [2.75, 3.05) is 6.54 Å². The molecule has 0 radical (unpaired) electrons. The molecule has 1 aliphatic carbocycles. The zero-order valence-electron chi connectivity index (χ0n) is 21.2. The zero-order valence-corrected chi connectivity index (χ0v) is 21.2. The van der Waals surface area contributed by atoms with Crippen LogP contribution in [0.4, 0.5) is 4.79 Å². The van der Waals surface area contributed by atoms with Crippen LogP contribution in [-0.2, 0) is 20.7 Å². The van der Waals surface area contributed by atoms with E-state index in [4.69, 9.17) is 4.74 Å². The summed E-state index contributed by atoms with van der Waals surface area (Å²) in [4.78, 5) is 40.9. The monoisotopic (exact) mass is 459 g/mol. The minimum atomic E-state index is -0.825. The van der Waals surface area contributed by atoms with Gasteiger partial charge in [-0.1, -0.05) is 51.5 Å². The normalized spacial score (nSPS) is 19.2. The molecule has 4 atom stereocenters. The van der Waals surface area contributed by atoms with Gasteiger partial charge < -0.3 is 20.3 Å². The fraction of sp³-hybridized carbons (Fsp3) is 0.654. The molecule has 3 amide bonds. The molecular weight excluding hydrogens is 418 g/mol. The summed E-state index contributed by atoms with van der Waals surface area (Å²) in [5, 5.41) is 5.66. The molecule has 1 saturated carbocycles. The quantitative estimate of drug-likeness (QED) is 0.509. The number of benzene rings is 1. The van der Waals surface area contributed by atoms with Gasteiger partial charge in [0, 0.05) is 12.6 Å². The summed E-state index contributed by atoms with van der Waals surface area (Å²) in [6.07, 6.45) is 2.92. The van der Waals surface area contributed by atoms with Crippen LogP contribution in [0, 0.1) is 5.92 Å². The van der Waals surface area contributed by atoms with Crippen molar-refractivity contribution in [3.05, 3.63) is 35.4 Å². The fourth-order valence-corrected chi connectivity index (χ4v) is 3.80. The van der Waals surface area contributed by atoms with Crippen molar-refractivity contribution in [1.82, 2.24) is 15.5 Å². The second-order valence-electron chi connectivity index (χ2n) is 10.0. The Morgan fingerprint density at radius 3 is 2.24 bits per heavy atom. The first kappa shape index (κ1) is 26.7. The van der Waals surface area contributed by atoms with E-state index >= 15 is 0 Å². The molecule has 1 aromatic carbocycles. The Morgan fingerprint density at radius 1 is 1.15 bits per heavy atom. The van der Waals surface area contributed by atoms with E-state index in [1.165, 1.54) is 5.56 Å². The number of unbranched alkanes of at least 4 members (excludes halogenated alkanes) is 1. The maximum absolute atomic E-state index is 13.6. The molecule has 7 heteroatoms. The number of nitrogens with one attached hydrogen (secondary N) is 2. The minimum absolute atomic E-state index is 0.0480. The van der Waals surface area contributed by atoms with Gasteiger partial charge in [0.1, 0.15) is 17.7 Å². The third-order valence-electron chi connectivity index (χ3n) is 5.84. The van der Waals surface area contributed by atoms with Crippen LogP contribution < -0.4 is 10.6 Å². The number of rotatable bonds is 10. The van der Waals surface area contributed by atoms with Crippen LogP contribution >= 0.6 is 0 Å². The van der Waals surface area contributed by atoms with E-state index in [2.05, 4.69) is 31.4 Å². The van der Waals surface area contributed by atoms with Gasteiger partial charge in [-0.3, -0.25) is 9.59 Å². The summed E-state index contributed by atoms with van der Waals surface area (Å²) < 4.78 is 5.32. The van der Waals surface area contributed by atoms with Crippen molar-refractivity contribution in [3.63, 3.8) is 0 Å². The van der Waals surface area contributed by atoms with Crippen molar-refractivity contribution in [3.8, 4) is 0 Å². The largest absolute Gasteiger partial charge is 0.444 e. The van der Waals surface area contributed by atoms with E-state index in [9.17, 15) is 14.4 Å². The van der Waals surface area contributed by atoms with Crippen molar-refractivity contribution in [2.24, 2.45) is 5.92 Å². The number of amides is 3. The number of alkyl carbamates (subject to hydrolysis) is 1. The number of carbonyl (C=O) groups is 3. The molecule has 33 heavy (non-hydrogen) atoms. The lowest BCUT2D eigenvalue weighted by molar-refractivity contribution is -0.143. The number of ether oxygens (including phenoxy) is 1. The minimum Gasteiger partial charge on any atom is -0.444 e. The van der Waals surface area contributed by atoms with Gasteiger partial charge in [-0.25, -0.2) is 4.79 Å². The van der Waals surface area contributed by atoms with Crippen LogP contribution in [0.1, 0.15) is 84.9 Å². The van der Waals surface area contributed by atoms with Crippen LogP contribution in [0.3, 0.4) is 0 Å². The Balaban J connectivity index is 2.33. The number of aryl methyl sites for hydroxylation is 1. The molecule has 0 aliphatic heterocycles. The molecule has 0 aromatic heterocycles. The van der Waals surface area contributed by atoms with E-state index in [1.54, 1.807) is 32.6 Å². The van der Waals surface area contributed by atoms with Crippen molar-refractivity contribution in [1.29, 1.82) is 0 Å². The van der Waals surface area contributed by atoms with Crippen LogP contribution in [0.5, 0.6) is 0 Å². The van der Waals surface area contributed by atoms with Crippen LogP contribution in [0.15, 0.2) is 24.3 Å². The predicted octanol–water partition coefficient (Wildman–Crippen LogP) is 4.36. The summed E-state index contributed by atoms with van der Waals surface area (Å²) in [5.41, 5.74) is 1.28. The van der Waals surface area contributed by atoms with E-state index < -0.39 is 23.8 Å². The lowest BCUT2D eigenvalue weighted by Crippen LogP contribution is -2.53. The molecule has 1 aliphatic rings. The first-order valence-electron chi connectivity index (χ1n) is 12.2. The Hall–Kier alpha value is -2.57. The first-order chi connectivity index (χ1) is 15.5. The van der Waals surface area contributed by atoms with Gasteiger partial charge in [-0.05, 0) is 64.0 Å². The van der Waals surface area contributed by atoms with Crippen LogP contribution in [0.25, 0.3) is 0 Å². The van der Waals surface area contributed by atoms with Crippen molar-refractivity contribution >= 4 is 17.9 Å². The molecular formula is C26H41N3O4. The smallest absolute Gasteiger partial charge is 0.408 e. The Kier molecular flexibility index (Phi) is 9.32. The highest BCUT2D eigenvalue weighted by molar-refractivity contribution is 5.92. The molecule has 0 spiro atoms. The van der Waals surface area contributed by atoms with Crippen LogP contribution in [0.2, 0.25) is 0 Å². The summed E-state index contributed by atoms with van der Waals surface area (Å²) >= 11 is 0. The SMILES string of the molecule is CCCCNC(=O)C(c1ccc(CC)cc1)N(C(=O)C(C)NC(=O)OC(C)(C)C)C1CC1C. The highest BCUT2D eigenvalue weighted by Crippen LogP contribution is 2.40. The van der Waals surface area contributed by atoms with E-state index in [0.717, 1.165) is 31.2 Å². The Bertz CT molecular complexity index is 816. The molecule has 1 fully saturated rings. The van der Waals surface area contributed by atoms with Gasteiger partial charge in [-0.2, -0.15) is 0 Å². The molecule has 2 N–H and O–H groups in total. The number of nitrogens with zero attached hydrogens (tertiary/aromatic N) is 1. The highest BCUT2D eigenvalue weighted by atomic mass is 16.6. The molecule has 0 bridgehead atoms. The predicted molar refractivity (Wildman–Crippen MR) is 130 cm³/mol. The maximum atomic E-state index is 13.6. The summed E-state index contributed by atoms with van der Waals surface area (Å²) in [5.74, 6) is -0.182. The van der Waals surface area contributed by atoms with E-state index in [-0.39, 0.29) is 17.9 Å². The topological polar surface area (TPSA) is 87.7 Å². The van der Waals surface area contributed by atoms with E-state index in [1.807, 2.05) is 24.3 Å². The molecule has 7 nitrogen and oxygen atoms in total.